The summed E-state index contributed by atoms with van der Waals surface area (Å²) >= 11 is 0. The second kappa shape index (κ2) is 9.89. The molecule has 0 amide bonds. The van der Waals surface area contributed by atoms with Crippen LogP contribution in [-0.4, -0.2) is 42.7 Å². The third-order valence-corrected chi connectivity index (χ3v) is 4.26. The number of rotatable bonds is 8. The van der Waals surface area contributed by atoms with Crippen molar-refractivity contribution in [2.45, 2.75) is 26.0 Å². The molecule has 0 aliphatic carbocycles. The molecule has 1 aromatic carbocycles. The molecular weight excluding hydrogens is 312 g/mol. The molecule has 1 atom stereocenters. The molecule has 0 radical (unpaired) electrons. The van der Waals surface area contributed by atoms with Crippen LogP contribution >= 0.6 is 0 Å². The van der Waals surface area contributed by atoms with Crippen LogP contribution in [0.3, 0.4) is 0 Å². The summed E-state index contributed by atoms with van der Waals surface area (Å²) in [5.74, 6) is 0.900. The molecule has 1 aromatic heterocycles. The molecule has 2 aromatic rings. The molecule has 0 aliphatic heterocycles. The zero-order chi connectivity index (χ0) is 18.1. The maximum atomic E-state index is 5.91. The highest BCUT2D eigenvalue weighted by Gasteiger charge is 2.08. The van der Waals surface area contributed by atoms with Crippen LogP contribution in [0.15, 0.2) is 53.7 Å². The lowest BCUT2D eigenvalue weighted by atomic mass is 10.1. The smallest absolute Gasteiger partial charge is 0.193 e. The molecule has 0 spiro atoms. The Balaban J connectivity index is 1.68. The number of hydrogen-bond donors (Lipinski definition) is 1. The first-order valence-corrected chi connectivity index (χ1v) is 8.80. The van der Waals surface area contributed by atoms with Gasteiger partial charge in [0.15, 0.2) is 5.96 Å². The van der Waals surface area contributed by atoms with Gasteiger partial charge < -0.3 is 19.5 Å². The molecule has 5 nitrogen and oxygen atoms in total. The van der Waals surface area contributed by atoms with Gasteiger partial charge in [0.1, 0.15) is 0 Å². The lowest BCUT2D eigenvalue weighted by Gasteiger charge is -2.22. The number of aryl methyl sites for hydroxylation is 1. The number of nitrogens with one attached hydrogen (secondary N) is 1. The van der Waals surface area contributed by atoms with Crippen LogP contribution in [0.5, 0.6) is 0 Å². The van der Waals surface area contributed by atoms with Crippen LogP contribution in [0.1, 0.15) is 30.7 Å². The molecule has 5 heteroatoms. The molecule has 0 fully saturated rings. The number of benzene rings is 1. The maximum absolute atomic E-state index is 5.91. The predicted octanol–water partition coefficient (Wildman–Crippen LogP) is 3.20. The van der Waals surface area contributed by atoms with E-state index in [1.165, 1.54) is 11.3 Å². The van der Waals surface area contributed by atoms with Crippen molar-refractivity contribution in [3.05, 3.63) is 59.9 Å². The number of guanidine groups is 1. The van der Waals surface area contributed by atoms with Crippen molar-refractivity contribution >= 4 is 5.96 Å². The average Bonchev–Trinajstić information content (AvgIpc) is 3.03. The summed E-state index contributed by atoms with van der Waals surface area (Å²) in [5, 5.41) is 3.40. The van der Waals surface area contributed by atoms with Crippen molar-refractivity contribution in [2.75, 3.05) is 27.2 Å². The summed E-state index contributed by atoms with van der Waals surface area (Å²) < 4.78 is 8.04. The van der Waals surface area contributed by atoms with E-state index in [4.69, 9.17) is 4.74 Å². The van der Waals surface area contributed by atoms with Gasteiger partial charge in [-0.05, 0) is 31.0 Å². The predicted molar refractivity (Wildman–Crippen MR) is 104 cm³/mol. The lowest BCUT2D eigenvalue weighted by Crippen LogP contribution is -2.39. The molecule has 1 unspecified atom stereocenters. The first-order chi connectivity index (χ1) is 12.1. The van der Waals surface area contributed by atoms with E-state index < -0.39 is 0 Å². The van der Waals surface area contributed by atoms with Gasteiger partial charge in [0.2, 0.25) is 0 Å². The SMILES string of the molecule is CN=C(NCCCOC(C)c1ccccc1)N(C)Cc1cccn1C. The minimum Gasteiger partial charge on any atom is -0.374 e. The minimum absolute atomic E-state index is 0.125. The van der Waals surface area contributed by atoms with E-state index in [1.807, 2.05) is 25.2 Å². The number of nitrogens with zero attached hydrogens (tertiary/aromatic N) is 3. The second-order valence-corrected chi connectivity index (χ2v) is 6.22. The summed E-state index contributed by atoms with van der Waals surface area (Å²) in [6.07, 6.45) is 3.12. The fourth-order valence-corrected chi connectivity index (χ4v) is 2.72. The highest BCUT2D eigenvalue weighted by atomic mass is 16.5. The van der Waals surface area contributed by atoms with E-state index in [0.717, 1.165) is 32.1 Å². The van der Waals surface area contributed by atoms with Crippen LogP contribution in [0, 0.1) is 0 Å². The monoisotopic (exact) mass is 342 g/mol. The zero-order valence-electron chi connectivity index (χ0n) is 15.8. The first-order valence-electron chi connectivity index (χ1n) is 8.80. The second-order valence-electron chi connectivity index (χ2n) is 6.22. The topological polar surface area (TPSA) is 41.8 Å². The summed E-state index contributed by atoms with van der Waals surface area (Å²) in [4.78, 5) is 6.49. The molecule has 0 saturated carbocycles. The van der Waals surface area contributed by atoms with Crippen LogP contribution in [0.2, 0.25) is 0 Å². The summed E-state index contributed by atoms with van der Waals surface area (Å²) in [7, 11) is 5.93. The van der Waals surface area contributed by atoms with Crippen LogP contribution in [0.25, 0.3) is 0 Å². The zero-order valence-corrected chi connectivity index (χ0v) is 15.8. The number of aromatic nitrogens is 1. The fraction of sp³-hybridized carbons (Fsp3) is 0.450. The van der Waals surface area contributed by atoms with E-state index in [2.05, 4.69) is 71.3 Å². The molecule has 136 valence electrons. The van der Waals surface area contributed by atoms with E-state index in [9.17, 15) is 0 Å². The number of aliphatic imine (C=N–C) groups is 1. The number of hydrogen-bond acceptors (Lipinski definition) is 2. The number of ether oxygens (including phenoxy) is 1. The summed E-state index contributed by atoms with van der Waals surface area (Å²) in [6, 6.07) is 14.5. The Labute approximate surface area is 151 Å². The Hall–Kier alpha value is -2.27. The average molecular weight is 342 g/mol. The normalized spacial score (nSPS) is 12.9. The first kappa shape index (κ1) is 19.1. The Morgan fingerprint density at radius 2 is 2.00 bits per heavy atom. The third kappa shape index (κ3) is 5.94. The van der Waals surface area contributed by atoms with Gasteiger partial charge in [-0.2, -0.15) is 0 Å². The highest BCUT2D eigenvalue weighted by molar-refractivity contribution is 5.79. The van der Waals surface area contributed by atoms with Crippen LogP contribution < -0.4 is 5.32 Å². The van der Waals surface area contributed by atoms with Crippen molar-refractivity contribution < 1.29 is 4.74 Å². The van der Waals surface area contributed by atoms with E-state index in [0.29, 0.717) is 0 Å². The lowest BCUT2D eigenvalue weighted by molar-refractivity contribution is 0.0645. The van der Waals surface area contributed by atoms with Gasteiger partial charge >= 0.3 is 0 Å². The van der Waals surface area contributed by atoms with Crippen LogP contribution in [0.4, 0.5) is 0 Å². The molecule has 25 heavy (non-hydrogen) atoms. The third-order valence-electron chi connectivity index (χ3n) is 4.26. The quantitative estimate of drug-likeness (QED) is 0.455. The largest absolute Gasteiger partial charge is 0.374 e. The maximum Gasteiger partial charge on any atom is 0.193 e. The molecule has 0 bridgehead atoms. The van der Waals surface area contributed by atoms with Gasteiger partial charge in [0.25, 0.3) is 0 Å². The summed E-state index contributed by atoms with van der Waals surface area (Å²) in [6.45, 7) is 4.48. The van der Waals surface area contributed by atoms with E-state index >= 15 is 0 Å². The van der Waals surface area contributed by atoms with Gasteiger partial charge in [0, 0.05) is 46.2 Å². The standard InChI is InChI=1S/C20H30N4O/c1-17(18-10-6-5-7-11-18)25-15-9-13-22-20(21-2)24(4)16-19-12-8-14-23(19)3/h5-8,10-12,14,17H,9,13,15-16H2,1-4H3,(H,21,22). The molecule has 2 rings (SSSR count). The molecular formula is C20H30N4O. The minimum atomic E-state index is 0.125. The Kier molecular flexibility index (Phi) is 7.54. The highest BCUT2D eigenvalue weighted by Crippen LogP contribution is 2.15. The van der Waals surface area contributed by atoms with Crippen molar-refractivity contribution in [2.24, 2.45) is 12.0 Å². The van der Waals surface area contributed by atoms with Gasteiger partial charge in [-0.25, -0.2) is 0 Å². The molecule has 1 heterocycles. The molecule has 0 aliphatic rings. The Bertz CT molecular complexity index is 651. The van der Waals surface area contributed by atoms with Gasteiger partial charge in [-0.3, -0.25) is 4.99 Å². The molecule has 1 N–H and O–H groups in total. The van der Waals surface area contributed by atoms with E-state index in [1.54, 1.807) is 0 Å². The van der Waals surface area contributed by atoms with Gasteiger partial charge in [0.05, 0.1) is 12.6 Å². The van der Waals surface area contributed by atoms with Crippen molar-refractivity contribution in [1.29, 1.82) is 0 Å². The van der Waals surface area contributed by atoms with Gasteiger partial charge in [-0.15, -0.1) is 0 Å². The fourth-order valence-electron chi connectivity index (χ4n) is 2.72. The molecule has 0 saturated heterocycles. The van der Waals surface area contributed by atoms with Gasteiger partial charge in [-0.1, -0.05) is 30.3 Å². The van der Waals surface area contributed by atoms with Crippen molar-refractivity contribution in [1.82, 2.24) is 14.8 Å². The van der Waals surface area contributed by atoms with Crippen molar-refractivity contribution in [3.63, 3.8) is 0 Å². The van der Waals surface area contributed by atoms with E-state index in [-0.39, 0.29) is 6.10 Å². The Morgan fingerprint density at radius 1 is 1.24 bits per heavy atom. The van der Waals surface area contributed by atoms with Crippen LogP contribution in [-0.2, 0) is 18.3 Å². The summed E-state index contributed by atoms with van der Waals surface area (Å²) in [5.41, 5.74) is 2.47. The van der Waals surface area contributed by atoms with Crippen molar-refractivity contribution in [3.8, 4) is 0 Å². The Morgan fingerprint density at radius 3 is 2.64 bits per heavy atom.